The molecular weight excluding hydrogens is 188 g/mol. The summed E-state index contributed by atoms with van der Waals surface area (Å²) in [6.07, 6.45) is 1.85. The van der Waals surface area contributed by atoms with Crippen molar-refractivity contribution in [3.05, 3.63) is 17.5 Å². The predicted octanol–water partition coefficient (Wildman–Crippen LogP) is 1.50. The Hall–Kier alpha value is -1.16. The number of rotatable bonds is 5. The minimum absolute atomic E-state index is 0.521. The number of anilines is 1. The average Bonchev–Trinajstić information content (AvgIpc) is 2.18. The molecule has 0 fully saturated rings. The molecule has 0 atom stereocenters. The van der Waals surface area contributed by atoms with Gasteiger partial charge in [0.15, 0.2) is 0 Å². The molecule has 0 aromatic carbocycles. The van der Waals surface area contributed by atoms with Crippen LogP contribution in [0.25, 0.3) is 0 Å². The van der Waals surface area contributed by atoms with Gasteiger partial charge in [-0.2, -0.15) is 0 Å². The molecule has 0 saturated carbocycles. The van der Waals surface area contributed by atoms with E-state index in [9.17, 15) is 0 Å². The molecule has 4 heteroatoms. The highest BCUT2D eigenvalue weighted by molar-refractivity contribution is 5.28. The van der Waals surface area contributed by atoms with E-state index >= 15 is 0 Å². The lowest BCUT2D eigenvalue weighted by atomic mass is 10.3. The first-order valence-electron chi connectivity index (χ1n) is 5.37. The van der Waals surface area contributed by atoms with Gasteiger partial charge in [-0.25, -0.2) is 9.97 Å². The van der Waals surface area contributed by atoms with Crippen molar-refractivity contribution in [3.8, 4) is 0 Å². The Bertz CT molecular complexity index is 309. The van der Waals surface area contributed by atoms with Crippen LogP contribution in [0, 0.1) is 13.8 Å². The summed E-state index contributed by atoms with van der Waals surface area (Å²) in [4.78, 5) is 8.55. The average molecular weight is 208 g/mol. The van der Waals surface area contributed by atoms with Gasteiger partial charge in [-0.05, 0) is 19.4 Å². The zero-order valence-electron chi connectivity index (χ0n) is 9.96. The molecule has 0 aliphatic carbocycles. The zero-order valence-corrected chi connectivity index (χ0v) is 9.96. The lowest BCUT2D eigenvalue weighted by molar-refractivity contribution is 0.601. The molecule has 0 radical (unpaired) electrons. The normalized spacial score (nSPS) is 10.7. The Labute approximate surface area is 91.5 Å². The largest absolute Gasteiger partial charge is 0.353 e. The molecule has 1 aromatic heterocycles. The van der Waals surface area contributed by atoms with Crippen molar-refractivity contribution in [2.24, 2.45) is 0 Å². The maximum atomic E-state index is 4.34. The van der Waals surface area contributed by atoms with Gasteiger partial charge in [0.25, 0.3) is 0 Å². The van der Waals surface area contributed by atoms with Crippen LogP contribution in [0.5, 0.6) is 0 Å². The summed E-state index contributed by atoms with van der Waals surface area (Å²) < 4.78 is 0. The summed E-state index contributed by atoms with van der Waals surface area (Å²) in [5.41, 5.74) is 2.16. The standard InChI is InChI=1S/C11H20N4/c1-8(2)12-5-6-13-11-14-7-9(3)10(4)15-11/h7-8,12H,5-6H2,1-4H3,(H,13,14,15). The fraction of sp³-hybridized carbons (Fsp3) is 0.636. The van der Waals surface area contributed by atoms with E-state index in [0.717, 1.165) is 24.3 Å². The van der Waals surface area contributed by atoms with Crippen molar-refractivity contribution in [1.29, 1.82) is 0 Å². The molecular formula is C11H20N4. The van der Waals surface area contributed by atoms with Crippen LogP contribution in [0.4, 0.5) is 5.95 Å². The molecule has 0 aliphatic heterocycles. The smallest absolute Gasteiger partial charge is 0.222 e. The third kappa shape index (κ3) is 4.25. The molecule has 1 aromatic rings. The quantitative estimate of drug-likeness (QED) is 0.720. The Morgan fingerprint density at radius 3 is 2.60 bits per heavy atom. The van der Waals surface area contributed by atoms with E-state index in [1.165, 1.54) is 0 Å². The van der Waals surface area contributed by atoms with Crippen molar-refractivity contribution in [2.75, 3.05) is 18.4 Å². The van der Waals surface area contributed by atoms with Crippen LogP contribution < -0.4 is 10.6 Å². The highest BCUT2D eigenvalue weighted by Crippen LogP contribution is 2.04. The van der Waals surface area contributed by atoms with Gasteiger partial charge in [0.05, 0.1) is 0 Å². The van der Waals surface area contributed by atoms with Crippen LogP contribution in [0.1, 0.15) is 25.1 Å². The third-order valence-electron chi connectivity index (χ3n) is 2.19. The summed E-state index contributed by atoms with van der Waals surface area (Å²) in [7, 11) is 0. The van der Waals surface area contributed by atoms with E-state index in [1.807, 2.05) is 20.0 Å². The minimum atomic E-state index is 0.521. The lowest BCUT2D eigenvalue weighted by Gasteiger charge is -2.09. The van der Waals surface area contributed by atoms with Gasteiger partial charge >= 0.3 is 0 Å². The molecule has 0 bridgehead atoms. The second-order valence-corrected chi connectivity index (χ2v) is 4.00. The first-order chi connectivity index (χ1) is 7.09. The second kappa shape index (κ2) is 5.66. The monoisotopic (exact) mass is 208 g/mol. The molecule has 0 unspecified atom stereocenters. The van der Waals surface area contributed by atoms with Crippen LogP contribution in [0.2, 0.25) is 0 Å². The SMILES string of the molecule is Cc1cnc(NCCNC(C)C)nc1C. The van der Waals surface area contributed by atoms with E-state index in [0.29, 0.717) is 12.0 Å². The second-order valence-electron chi connectivity index (χ2n) is 4.00. The molecule has 0 aliphatic rings. The Morgan fingerprint density at radius 2 is 2.00 bits per heavy atom. The predicted molar refractivity (Wildman–Crippen MR) is 63.1 cm³/mol. The van der Waals surface area contributed by atoms with Gasteiger partial charge in [0.2, 0.25) is 5.95 Å². The van der Waals surface area contributed by atoms with Gasteiger partial charge in [-0.1, -0.05) is 13.8 Å². The molecule has 15 heavy (non-hydrogen) atoms. The Balaban J connectivity index is 2.35. The van der Waals surface area contributed by atoms with Crippen LogP contribution in [0.3, 0.4) is 0 Å². The van der Waals surface area contributed by atoms with Gasteiger partial charge in [-0.15, -0.1) is 0 Å². The number of aryl methyl sites for hydroxylation is 2. The Kier molecular flexibility index (Phi) is 4.49. The van der Waals surface area contributed by atoms with Gasteiger partial charge in [-0.3, -0.25) is 0 Å². The maximum Gasteiger partial charge on any atom is 0.222 e. The molecule has 0 spiro atoms. The zero-order chi connectivity index (χ0) is 11.3. The van der Waals surface area contributed by atoms with Gasteiger partial charge in [0, 0.05) is 31.0 Å². The molecule has 4 nitrogen and oxygen atoms in total. The fourth-order valence-electron chi connectivity index (χ4n) is 1.15. The van der Waals surface area contributed by atoms with Crippen molar-refractivity contribution in [2.45, 2.75) is 33.7 Å². The first kappa shape index (κ1) is 11.9. The number of hydrogen-bond donors (Lipinski definition) is 2. The molecule has 0 saturated heterocycles. The van der Waals surface area contributed by atoms with Gasteiger partial charge in [0.1, 0.15) is 0 Å². The van der Waals surface area contributed by atoms with Crippen LogP contribution in [-0.4, -0.2) is 29.1 Å². The Morgan fingerprint density at radius 1 is 1.27 bits per heavy atom. The summed E-state index contributed by atoms with van der Waals surface area (Å²) in [5.74, 6) is 0.712. The first-order valence-corrected chi connectivity index (χ1v) is 5.37. The van der Waals surface area contributed by atoms with E-state index in [1.54, 1.807) is 0 Å². The van der Waals surface area contributed by atoms with Crippen molar-refractivity contribution in [3.63, 3.8) is 0 Å². The maximum absolute atomic E-state index is 4.34. The van der Waals surface area contributed by atoms with Crippen molar-refractivity contribution < 1.29 is 0 Å². The van der Waals surface area contributed by atoms with E-state index in [-0.39, 0.29) is 0 Å². The summed E-state index contributed by atoms with van der Waals surface area (Å²) in [6, 6.07) is 0.521. The minimum Gasteiger partial charge on any atom is -0.353 e. The highest BCUT2D eigenvalue weighted by atomic mass is 15.1. The summed E-state index contributed by atoms with van der Waals surface area (Å²) in [5, 5.41) is 6.51. The van der Waals surface area contributed by atoms with Crippen LogP contribution in [-0.2, 0) is 0 Å². The highest BCUT2D eigenvalue weighted by Gasteiger charge is 1.98. The summed E-state index contributed by atoms with van der Waals surface area (Å²) in [6.45, 7) is 10.0. The molecule has 0 amide bonds. The van der Waals surface area contributed by atoms with E-state index in [2.05, 4.69) is 34.4 Å². The van der Waals surface area contributed by atoms with Crippen molar-refractivity contribution in [1.82, 2.24) is 15.3 Å². The number of aromatic nitrogens is 2. The number of hydrogen-bond acceptors (Lipinski definition) is 4. The topological polar surface area (TPSA) is 49.8 Å². The summed E-state index contributed by atoms with van der Waals surface area (Å²) >= 11 is 0. The molecule has 2 N–H and O–H groups in total. The molecule has 1 rings (SSSR count). The van der Waals surface area contributed by atoms with Crippen molar-refractivity contribution >= 4 is 5.95 Å². The van der Waals surface area contributed by atoms with Crippen LogP contribution in [0.15, 0.2) is 6.20 Å². The van der Waals surface area contributed by atoms with Crippen LogP contribution >= 0.6 is 0 Å². The van der Waals surface area contributed by atoms with Gasteiger partial charge < -0.3 is 10.6 Å². The van der Waals surface area contributed by atoms with E-state index < -0.39 is 0 Å². The molecule has 84 valence electrons. The number of nitrogens with one attached hydrogen (secondary N) is 2. The van der Waals surface area contributed by atoms with E-state index in [4.69, 9.17) is 0 Å². The third-order valence-corrected chi connectivity index (χ3v) is 2.19. The molecule has 1 heterocycles. The number of nitrogens with zero attached hydrogens (tertiary/aromatic N) is 2. The lowest BCUT2D eigenvalue weighted by Crippen LogP contribution is -2.28. The fourth-order valence-corrected chi connectivity index (χ4v) is 1.15.